The van der Waals surface area contributed by atoms with Crippen molar-refractivity contribution in [3.8, 4) is 0 Å². The number of allylic oxidation sites excluding steroid dienone is 3. The van der Waals surface area contributed by atoms with Gasteiger partial charge in [0.25, 0.3) is 0 Å². The largest absolute Gasteiger partial charge is 0.461 e. The fraction of sp³-hybridized carbons (Fsp3) is 0.800. The number of hydrogen-bond donors (Lipinski definition) is 0. The van der Waals surface area contributed by atoms with Crippen LogP contribution in [0.3, 0.4) is 0 Å². The lowest BCUT2D eigenvalue weighted by Crippen LogP contribution is -2.65. The highest BCUT2D eigenvalue weighted by Crippen LogP contribution is 2.37. The van der Waals surface area contributed by atoms with Gasteiger partial charge in [0.2, 0.25) is 0 Å². The van der Waals surface area contributed by atoms with Crippen molar-refractivity contribution in [3.05, 3.63) is 23.8 Å². The van der Waals surface area contributed by atoms with Crippen LogP contribution in [0.5, 0.6) is 0 Å². The number of ketones is 2. The Morgan fingerprint density at radius 1 is 0.739 bits per heavy atom. The van der Waals surface area contributed by atoms with E-state index >= 15 is 0 Å². The minimum atomic E-state index is -1.32. The number of likely N-dealkylation sites (N-methyl/N-ethyl adjacent to an activating group) is 1. The molecule has 0 aromatic rings. The Morgan fingerprint density at radius 2 is 1.29 bits per heavy atom. The molecular formula is C50H81NO18. The normalized spacial score (nSPS) is 36.6. The number of rotatable bonds is 18. The fourth-order valence-corrected chi connectivity index (χ4v) is 9.51. The smallest absolute Gasteiger partial charge is 0.316 e. The second-order valence-corrected chi connectivity index (χ2v) is 18.5. The van der Waals surface area contributed by atoms with E-state index in [1.54, 1.807) is 52.8 Å². The topological polar surface area (TPSA) is 216 Å². The van der Waals surface area contributed by atoms with Gasteiger partial charge in [-0.1, -0.05) is 38.5 Å². The van der Waals surface area contributed by atoms with Crippen LogP contribution < -0.4 is 0 Å². The van der Waals surface area contributed by atoms with Gasteiger partial charge in [0, 0.05) is 72.4 Å². The van der Waals surface area contributed by atoms with Crippen molar-refractivity contribution >= 4 is 35.4 Å². The SMILES string of the molecule is CCOC(C[C@H]1C[C@@H](C)C(=O)/C=C/C(C)=C/[C@H](CO[C@@H]2O[C@H](C)[C@@H](OC(C)=O)[C@@H](OC)[C@H]2OC)[C@@H](CC)OC(=O)[C@H](C)C(=O)[C@H](C)[C@H]1O[C@@H]1O[C@H](C)[C@@H](OC(C)=O)[C@H](N(C)C)[C@H]1OC(C)=O)OCC. The number of cyclic esters (lactones) is 1. The molecule has 2 saturated heterocycles. The molecular weight excluding hydrogens is 903 g/mol. The summed E-state index contributed by atoms with van der Waals surface area (Å²) in [5.41, 5.74) is 0.669. The third kappa shape index (κ3) is 16.7. The highest BCUT2D eigenvalue weighted by Gasteiger charge is 2.53. The van der Waals surface area contributed by atoms with Crippen LogP contribution in [0.15, 0.2) is 23.8 Å². The average Bonchev–Trinajstić information content (AvgIpc) is 3.27. The van der Waals surface area contributed by atoms with Gasteiger partial charge in [-0.25, -0.2) is 0 Å². The van der Waals surface area contributed by atoms with Crippen LogP contribution in [-0.4, -0.2) is 168 Å². The van der Waals surface area contributed by atoms with Crippen LogP contribution in [0, 0.1) is 29.6 Å². The Labute approximate surface area is 408 Å². The number of methoxy groups -OCH3 is 2. The third-order valence-corrected chi connectivity index (χ3v) is 12.9. The molecule has 3 aliphatic rings. The van der Waals surface area contributed by atoms with E-state index in [9.17, 15) is 28.8 Å². The molecule has 0 aromatic heterocycles. The highest BCUT2D eigenvalue weighted by atomic mass is 16.7. The molecule has 19 nitrogen and oxygen atoms in total. The summed E-state index contributed by atoms with van der Waals surface area (Å²) in [7, 11) is 6.42. The summed E-state index contributed by atoms with van der Waals surface area (Å²) in [5, 5.41) is 0. The summed E-state index contributed by atoms with van der Waals surface area (Å²) >= 11 is 0. The minimum absolute atomic E-state index is 0.0556. The lowest BCUT2D eigenvalue weighted by atomic mass is 9.78. The fourth-order valence-electron chi connectivity index (χ4n) is 9.51. The molecule has 0 amide bonds. The van der Waals surface area contributed by atoms with Gasteiger partial charge in [0.15, 0.2) is 42.6 Å². The number of nitrogens with zero attached hydrogens (tertiary/aromatic N) is 1. The quantitative estimate of drug-likeness (QED) is 0.0770. The predicted octanol–water partition coefficient (Wildman–Crippen LogP) is 4.93. The van der Waals surface area contributed by atoms with E-state index in [1.165, 1.54) is 48.0 Å². The zero-order chi connectivity index (χ0) is 51.9. The Balaban J connectivity index is 2.16. The first-order valence-corrected chi connectivity index (χ1v) is 24.2. The van der Waals surface area contributed by atoms with Gasteiger partial charge < -0.3 is 56.8 Å². The van der Waals surface area contributed by atoms with E-state index in [-0.39, 0.29) is 25.2 Å². The van der Waals surface area contributed by atoms with Crippen molar-refractivity contribution in [2.45, 2.75) is 182 Å². The summed E-state index contributed by atoms with van der Waals surface area (Å²) in [6.45, 7) is 20.0. The van der Waals surface area contributed by atoms with Gasteiger partial charge >= 0.3 is 23.9 Å². The number of hydrogen-bond acceptors (Lipinski definition) is 19. The molecule has 0 radical (unpaired) electrons. The van der Waals surface area contributed by atoms with Crippen molar-refractivity contribution in [2.24, 2.45) is 29.6 Å². The molecule has 0 saturated carbocycles. The molecule has 0 aromatic carbocycles. The molecule has 0 aliphatic carbocycles. The van der Waals surface area contributed by atoms with Gasteiger partial charge in [-0.2, -0.15) is 0 Å². The van der Waals surface area contributed by atoms with Crippen LogP contribution in [0.4, 0.5) is 0 Å². The van der Waals surface area contributed by atoms with Crippen LogP contribution >= 0.6 is 0 Å². The first-order valence-electron chi connectivity index (χ1n) is 24.2. The van der Waals surface area contributed by atoms with Crippen molar-refractivity contribution in [1.82, 2.24) is 4.90 Å². The van der Waals surface area contributed by atoms with E-state index in [1.807, 2.05) is 33.8 Å². The van der Waals surface area contributed by atoms with Crippen molar-refractivity contribution in [2.75, 3.05) is 48.1 Å². The number of esters is 4. The molecule has 0 spiro atoms. The number of carbonyl (C=O) groups excluding carboxylic acids is 6. The van der Waals surface area contributed by atoms with E-state index in [0.717, 1.165) is 0 Å². The maximum absolute atomic E-state index is 14.9. The maximum atomic E-state index is 14.9. The summed E-state index contributed by atoms with van der Waals surface area (Å²) in [5.74, 6) is -7.51. The average molecular weight is 984 g/mol. The van der Waals surface area contributed by atoms with Crippen molar-refractivity contribution < 1.29 is 85.6 Å². The molecule has 19 heteroatoms. The second kappa shape index (κ2) is 28.4. The zero-order valence-corrected chi connectivity index (χ0v) is 43.7. The molecule has 2 fully saturated rings. The Bertz CT molecular complexity index is 1750. The van der Waals surface area contributed by atoms with E-state index in [2.05, 4.69) is 0 Å². The second-order valence-electron chi connectivity index (χ2n) is 18.5. The van der Waals surface area contributed by atoms with E-state index in [0.29, 0.717) is 25.2 Å². The third-order valence-electron chi connectivity index (χ3n) is 12.9. The molecule has 3 heterocycles. The lowest BCUT2D eigenvalue weighted by molar-refractivity contribution is -0.306. The molecule has 0 unspecified atom stereocenters. The summed E-state index contributed by atoms with van der Waals surface area (Å²) in [4.78, 5) is 82.1. The first kappa shape index (κ1) is 59.6. The van der Waals surface area contributed by atoms with Crippen LogP contribution in [0.25, 0.3) is 0 Å². The Kier molecular flexibility index (Phi) is 24.5. The Morgan fingerprint density at radius 3 is 1.83 bits per heavy atom. The zero-order valence-electron chi connectivity index (χ0n) is 43.7. The van der Waals surface area contributed by atoms with E-state index in [4.69, 9.17) is 56.8 Å². The minimum Gasteiger partial charge on any atom is -0.461 e. The summed E-state index contributed by atoms with van der Waals surface area (Å²) in [6, 6.07) is -0.756. The summed E-state index contributed by atoms with van der Waals surface area (Å²) < 4.78 is 72.8. The monoisotopic (exact) mass is 984 g/mol. The number of ether oxygens (including phenoxy) is 12. The van der Waals surface area contributed by atoms with Crippen LogP contribution in [0.1, 0.15) is 102 Å². The highest BCUT2D eigenvalue weighted by molar-refractivity contribution is 6.00. The lowest BCUT2D eigenvalue weighted by Gasteiger charge is -2.48. The van der Waals surface area contributed by atoms with Gasteiger partial charge in [-0.05, 0) is 80.5 Å². The summed E-state index contributed by atoms with van der Waals surface area (Å²) in [6.07, 6.45) is -5.13. The van der Waals surface area contributed by atoms with Gasteiger partial charge in [-0.3, -0.25) is 33.7 Å². The number of Topliss-reactive ketones (excluding diaryl/α,β-unsaturated/α-hetero) is 1. The predicted molar refractivity (Wildman–Crippen MR) is 249 cm³/mol. The molecule has 17 atom stereocenters. The van der Waals surface area contributed by atoms with Crippen LogP contribution in [-0.2, 0) is 85.6 Å². The molecule has 0 bridgehead atoms. The van der Waals surface area contributed by atoms with Gasteiger partial charge in [-0.15, -0.1) is 0 Å². The van der Waals surface area contributed by atoms with Crippen molar-refractivity contribution in [1.29, 1.82) is 0 Å². The molecule has 69 heavy (non-hydrogen) atoms. The molecule has 3 aliphatic heterocycles. The van der Waals surface area contributed by atoms with Crippen molar-refractivity contribution in [3.63, 3.8) is 0 Å². The molecule has 394 valence electrons. The first-order chi connectivity index (χ1) is 32.5. The Hall–Kier alpha value is -3.66. The number of carbonyl (C=O) groups is 6. The molecule has 0 N–H and O–H groups in total. The molecule has 3 rings (SSSR count). The maximum Gasteiger partial charge on any atom is 0.316 e. The van der Waals surface area contributed by atoms with E-state index < -0.39 is 139 Å². The standard InChI is InChI=1S/C50H81NO18/c1-17-38-36(25-62-49-47(59-16)46(58-15)44(31(9)63-49)66-33(11)53)22-26(4)20-21-37(55)27(5)23-35(24-39(60-18-2)61-19-3)42(28(6)41(56)29(7)48(57)68-38)69-50-45(67-34(12)54)40(51(13)14)43(30(8)64-50)65-32(10)52/h20-22,27-31,35-36,38-40,42-47,49-50H,17-19,23-25H2,1-16H3/b21-20+,26-22+/t27-,28+,29-,30-,31-,35-,36-,38-,40+,42-,43-,44-,45-,46-,47-,49-,50+/m1/s1. The van der Waals surface area contributed by atoms with Crippen LogP contribution in [0.2, 0.25) is 0 Å². The van der Waals surface area contributed by atoms with Gasteiger partial charge in [0.1, 0.15) is 30.3 Å². The van der Waals surface area contributed by atoms with Gasteiger partial charge in [0.05, 0.1) is 31.0 Å².